The van der Waals surface area contributed by atoms with Gasteiger partial charge in [-0.25, -0.2) is 0 Å². The molecule has 0 fully saturated rings. The summed E-state index contributed by atoms with van der Waals surface area (Å²) >= 11 is 0. The quantitative estimate of drug-likeness (QED) is 0.277. The predicted molar refractivity (Wildman–Crippen MR) is 143 cm³/mol. The molecule has 2 aromatic carbocycles. The van der Waals surface area contributed by atoms with Gasteiger partial charge in [0, 0.05) is 42.5 Å². The molecular formula is C28H37ClN4. The molecule has 4 nitrogen and oxygen atoms in total. The highest BCUT2D eigenvalue weighted by Gasteiger charge is 2.14. The van der Waals surface area contributed by atoms with E-state index in [1.807, 2.05) is 0 Å². The molecule has 33 heavy (non-hydrogen) atoms. The van der Waals surface area contributed by atoms with Crippen molar-refractivity contribution in [3.05, 3.63) is 77.6 Å². The van der Waals surface area contributed by atoms with E-state index >= 15 is 0 Å². The SMILES string of the molecule is CCN(CC)CCNCc1cc2c3ccccc3n(CCCc3ccccc3)c2c(C)n1.Cl. The van der Waals surface area contributed by atoms with Crippen LogP contribution in [0.1, 0.15) is 37.2 Å². The molecule has 0 unspecified atom stereocenters. The lowest BCUT2D eigenvalue weighted by Gasteiger charge is -2.18. The summed E-state index contributed by atoms with van der Waals surface area (Å²) in [5.41, 5.74) is 6.25. The van der Waals surface area contributed by atoms with E-state index in [0.717, 1.165) is 63.5 Å². The van der Waals surface area contributed by atoms with Crippen molar-refractivity contribution in [2.24, 2.45) is 0 Å². The van der Waals surface area contributed by atoms with Gasteiger partial charge in [0.15, 0.2) is 0 Å². The summed E-state index contributed by atoms with van der Waals surface area (Å²) in [7, 11) is 0. The highest BCUT2D eigenvalue weighted by molar-refractivity contribution is 6.08. The van der Waals surface area contributed by atoms with Crippen molar-refractivity contribution in [1.29, 1.82) is 0 Å². The molecule has 0 saturated carbocycles. The number of nitrogens with zero attached hydrogens (tertiary/aromatic N) is 3. The minimum atomic E-state index is 0. The Morgan fingerprint density at radius 3 is 2.42 bits per heavy atom. The van der Waals surface area contributed by atoms with E-state index in [2.05, 4.69) is 96.2 Å². The molecule has 0 aliphatic heterocycles. The number of halogens is 1. The number of fused-ring (bicyclic) bond motifs is 3. The third-order valence-corrected chi connectivity index (χ3v) is 6.47. The van der Waals surface area contributed by atoms with Gasteiger partial charge in [-0.3, -0.25) is 4.98 Å². The zero-order valence-electron chi connectivity index (χ0n) is 20.2. The largest absolute Gasteiger partial charge is 0.339 e. The monoisotopic (exact) mass is 464 g/mol. The molecule has 4 aromatic rings. The van der Waals surface area contributed by atoms with Gasteiger partial charge in [-0.2, -0.15) is 0 Å². The molecule has 4 rings (SSSR count). The Morgan fingerprint density at radius 2 is 1.67 bits per heavy atom. The second-order valence-corrected chi connectivity index (χ2v) is 8.56. The molecule has 2 aromatic heterocycles. The number of likely N-dealkylation sites (N-methyl/N-ethyl adjacent to an activating group) is 1. The third-order valence-electron chi connectivity index (χ3n) is 6.47. The fourth-order valence-corrected chi connectivity index (χ4v) is 4.74. The summed E-state index contributed by atoms with van der Waals surface area (Å²) in [6.45, 7) is 12.7. The first kappa shape index (κ1) is 25.2. The van der Waals surface area contributed by atoms with E-state index < -0.39 is 0 Å². The molecule has 0 aliphatic rings. The van der Waals surface area contributed by atoms with Crippen LogP contribution in [0.2, 0.25) is 0 Å². The summed E-state index contributed by atoms with van der Waals surface area (Å²) in [4.78, 5) is 7.43. The highest BCUT2D eigenvalue weighted by atomic mass is 35.5. The first-order valence-corrected chi connectivity index (χ1v) is 12.1. The molecule has 0 aliphatic carbocycles. The number of rotatable bonds is 11. The van der Waals surface area contributed by atoms with Crippen LogP contribution < -0.4 is 5.32 Å². The lowest BCUT2D eigenvalue weighted by Crippen LogP contribution is -2.31. The summed E-state index contributed by atoms with van der Waals surface area (Å²) in [5, 5.41) is 6.25. The maximum absolute atomic E-state index is 4.98. The van der Waals surface area contributed by atoms with E-state index in [4.69, 9.17) is 4.98 Å². The minimum absolute atomic E-state index is 0. The van der Waals surface area contributed by atoms with Gasteiger partial charge in [0.2, 0.25) is 0 Å². The van der Waals surface area contributed by atoms with Gasteiger partial charge < -0.3 is 14.8 Å². The van der Waals surface area contributed by atoms with Crippen LogP contribution in [0.25, 0.3) is 21.8 Å². The number of hydrogen-bond donors (Lipinski definition) is 1. The zero-order chi connectivity index (χ0) is 22.3. The number of pyridine rings is 1. The molecule has 1 N–H and O–H groups in total. The Hall–Kier alpha value is -2.40. The van der Waals surface area contributed by atoms with Crippen LogP contribution in [-0.2, 0) is 19.5 Å². The molecule has 5 heteroatoms. The Labute approximate surface area is 204 Å². The van der Waals surface area contributed by atoms with Crippen LogP contribution in [0.3, 0.4) is 0 Å². The number of benzene rings is 2. The Morgan fingerprint density at radius 1 is 0.939 bits per heavy atom. The Kier molecular flexibility index (Phi) is 9.30. The first-order valence-electron chi connectivity index (χ1n) is 12.1. The van der Waals surface area contributed by atoms with Crippen molar-refractivity contribution in [2.75, 3.05) is 26.2 Å². The average molecular weight is 465 g/mol. The lowest BCUT2D eigenvalue weighted by molar-refractivity contribution is 0.302. The molecule has 0 spiro atoms. The van der Waals surface area contributed by atoms with Crippen LogP contribution in [-0.4, -0.2) is 40.6 Å². The average Bonchev–Trinajstić information content (AvgIpc) is 3.14. The van der Waals surface area contributed by atoms with Gasteiger partial charge in [0.1, 0.15) is 0 Å². The number of aryl methyl sites for hydroxylation is 3. The Balaban J connectivity index is 0.00000306. The molecular weight excluding hydrogens is 428 g/mol. The van der Waals surface area contributed by atoms with Crippen molar-refractivity contribution in [1.82, 2.24) is 19.8 Å². The summed E-state index contributed by atoms with van der Waals surface area (Å²) in [5.74, 6) is 0. The first-order chi connectivity index (χ1) is 15.7. The van der Waals surface area contributed by atoms with E-state index in [9.17, 15) is 0 Å². The van der Waals surface area contributed by atoms with Crippen molar-refractivity contribution in [3.8, 4) is 0 Å². The maximum Gasteiger partial charge on any atom is 0.0707 e. The normalized spacial score (nSPS) is 11.4. The van der Waals surface area contributed by atoms with Crippen molar-refractivity contribution in [3.63, 3.8) is 0 Å². The number of para-hydroxylation sites is 1. The van der Waals surface area contributed by atoms with Crippen molar-refractivity contribution >= 4 is 34.2 Å². The van der Waals surface area contributed by atoms with Crippen LogP contribution in [0.4, 0.5) is 0 Å². The zero-order valence-corrected chi connectivity index (χ0v) is 21.0. The molecule has 0 bridgehead atoms. The molecule has 0 atom stereocenters. The van der Waals surface area contributed by atoms with Gasteiger partial charge in [-0.05, 0) is 50.6 Å². The number of hydrogen-bond acceptors (Lipinski definition) is 3. The predicted octanol–water partition coefficient (Wildman–Crippen LogP) is 5.98. The third kappa shape index (κ3) is 5.94. The summed E-state index contributed by atoms with van der Waals surface area (Å²) < 4.78 is 2.48. The fraction of sp³-hybridized carbons (Fsp3) is 0.393. The lowest BCUT2D eigenvalue weighted by atomic mass is 10.1. The fourth-order valence-electron chi connectivity index (χ4n) is 4.74. The van der Waals surface area contributed by atoms with Crippen LogP contribution >= 0.6 is 12.4 Å². The highest BCUT2D eigenvalue weighted by Crippen LogP contribution is 2.31. The summed E-state index contributed by atoms with van der Waals surface area (Å²) in [6, 6.07) is 21.9. The smallest absolute Gasteiger partial charge is 0.0707 e. The molecule has 0 radical (unpaired) electrons. The van der Waals surface area contributed by atoms with Crippen LogP contribution in [0.5, 0.6) is 0 Å². The van der Waals surface area contributed by atoms with Gasteiger partial charge >= 0.3 is 0 Å². The van der Waals surface area contributed by atoms with Gasteiger partial charge in [-0.15, -0.1) is 12.4 Å². The standard InChI is InChI=1S/C28H36N4.ClH/c1-4-31(5-2)19-17-29-21-24-20-26-25-15-9-10-16-27(25)32(28(26)22(3)30-24)18-11-14-23-12-7-6-8-13-23;/h6-10,12-13,15-16,20,29H,4-5,11,14,17-19,21H2,1-3H3;1H. The van der Waals surface area contributed by atoms with Crippen LogP contribution in [0, 0.1) is 6.92 Å². The van der Waals surface area contributed by atoms with E-state index in [0.29, 0.717) is 0 Å². The van der Waals surface area contributed by atoms with E-state index in [1.165, 1.54) is 27.4 Å². The van der Waals surface area contributed by atoms with Crippen molar-refractivity contribution in [2.45, 2.75) is 46.7 Å². The molecule has 2 heterocycles. The second kappa shape index (κ2) is 12.2. The Bertz CT molecular complexity index is 1150. The number of nitrogens with one attached hydrogen (secondary N) is 1. The minimum Gasteiger partial charge on any atom is -0.339 e. The number of aromatic nitrogens is 2. The molecule has 0 saturated heterocycles. The molecule has 0 amide bonds. The van der Waals surface area contributed by atoms with Crippen LogP contribution in [0.15, 0.2) is 60.7 Å². The van der Waals surface area contributed by atoms with E-state index in [-0.39, 0.29) is 12.4 Å². The van der Waals surface area contributed by atoms with Gasteiger partial charge in [-0.1, -0.05) is 62.4 Å². The van der Waals surface area contributed by atoms with E-state index in [1.54, 1.807) is 0 Å². The van der Waals surface area contributed by atoms with Gasteiger partial charge in [0.05, 0.1) is 16.9 Å². The maximum atomic E-state index is 4.98. The molecule has 176 valence electrons. The van der Waals surface area contributed by atoms with Crippen molar-refractivity contribution < 1.29 is 0 Å². The summed E-state index contributed by atoms with van der Waals surface area (Å²) in [6.07, 6.45) is 2.21. The van der Waals surface area contributed by atoms with Gasteiger partial charge in [0.25, 0.3) is 0 Å². The topological polar surface area (TPSA) is 33.1 Å². The second-order valence-electron chi connectivity index (χ2n) is 8.56.